The molecule has 2 aromatic heterocycles. The Balaban J connectivity index is 1.61. The first kappa shape index (κ1) is 18.4. The zero-order chi connectivity index (χ0) is 19.7. The van der Waals surface area contributed by atoms with Crippen LogP contribution in [-0.4, -0.2) is 33.4 Å². The van der Waals surface area contributed by atoms with Crippen molar-refractivity contribution in [2.75, 3.05) is 18.8 Å². The van der Waals surface area contributed by atoms with Crippen LogP contribution in [0.4, 0.5) is 5.13 Å². The van der Waals surface area contributed by atoms with Crippen molar-refractivity contribution in [2.24, 2.45) is 7.05 Å². The first-order valence-corrected chi connectivity index (χ1v) is 10.1. The number of amides is 1. The molecule has 3 heterocycles. The van der Waals surface area contributed by atoms with Gasteiger partial charge in [-0.3, -0.25) is 9.59 Å². The Bertz CT molecular complexity index is 1050. The molecule has 0 atom stereocenters. The van der Waals surface area contributed by atoms with E-state index >= 15 is 0 Å². The fraction of sp³-hybridized carbons (Fsp3) is 0.286. The Morgan fingerprint density at radius 1 is 1.18 bits per heavy atom. The number of aromatic nitrogens is 2. The molecular formula is C21H22N4O2S. The van der Waals surface area contributed by atoms with Crippen LogP contribution in [0.5, 0.6) is 0 Å². The van der Waals surface area contributed by atoms with E-state index in [1.54, 1.807) is 19.3 Å². The summed E-state index contributed by atoms with van der Waals surface area (Å²) in [6.07, 6.45) is 3.15. The van der Waals surface area contributed by atoms with Crippen molar-refractivity contribution in [1.82, 2.24) is 14.5 Å². The molecule has 0 radical (unpaired) electrons. The van der Waals surface area contributed by atoms with Gasteiger partial charge in [0.2, 0.25) is 0 Å². The Labute approximate surface area is 167 Å². The summed E-state index contributed by atoms with van der Waals surface area (Å²) in [5, 5.41) is 2.59. The van der Waals surface area contributed by atoms with Crippen LogP contribution < -0.4 is 11.3 Å². The minimum Gasteiger partial charge on any atom is -0.375 e. The molecule has 0 aliphatic carbocycles. The number of nitrogen functional groups attached to an aromatic ring is 1. The van der Waals surface area contributed by atoms with E-state index in [0.29, 0.717) is 23.8 Å². The van der Waals surface area contributed by atoms with Crippen molar-refractivity contribution in [3.05, 3.63) is 81.2 Å². The predicted octanol–water partition coefficient (Wildman–Crippen LogP) is 2.65. The number of pyridine rings is 1. The second-order valence-corrected chi connectivity index (χ2v) is 8.07. The number of nitrogens with zero attached hydrogens (tertiary/aromatic N) is 3. The maximum Gasteiger partial charge on any atom is 0.254 e. The fourth-order valence-electron chi connectivity index (χ4n) is 3.91. The summed E-state index contributed by atoms with van der Waals surface area (Å²) >= 11 is 1.45. The number of carbonyl (C=O) groups is 1. The van der Waals surface area contributed by atoms with Crippen molar-refractivity contribution in [2.45, 2.75) is 18.3 Å². The molecule has 144 valence electrons. The van der Waals surface area contributed by atoms with Crippen LogP contribution in [0.15, 0.2) is 58.8 Å². The van der Waals surface area contributed by atoms with Crippen LogP contribution in [0.1, 0.15) is 34.5 Å². The number of nitrogens with two attached hydrogens (primary N) is 1. The number of piperidine rings is 1. The van der Waals surface area contributed by atoms with Gasteiger partial charge in [-0.15, -0.1) is 11.3 Å². The minimum atomic E-state index is -0.251. The zero-order valence-corrected chi connectivity index (χ0v) is 16.5. The van der Waals surface area contributed by atoms with Crippen molar-refractivity contribution in [3.63, 3.8) is 0 Å². The molecule has 0 spiro atoms. The predicted molar refractivity (Wildman–Crippen MR) is 111 cm³/mol. The highest BCUT2D eigenvalue weighted by molar-refractivity contribution is 7.13. The molecule has 1 amide bonds. The van der Waals surface area contributed by atoms with E-state index in [1.165, 1.54) is 27.5 Å². The van der Waals surface area contributed by atoms with Crippen LogP contribution in [0.2, 0.25) is 0 Å². The molecule has 3 aromatic rings. The van der Waals surface area contributed by atoms with Crippen LogP contribution in [0, 0.1) is 0 Å². The summed E-state index contributed by atoms with van der Waals surface area (Å²) in [6.45, 7) is 1.20. The third-order valence-corrected chi connectivity index (χ3v) is 6.27. The van der Waals surface area contributed by atoms with Crippen LogP contribution in [0.25, 0.3) is 0 Å². The molecule has 0 bridgehead atoms. The average molecular weight is 395 g/mol. The molecule has 1 saturated heterocycles. The Hall–Kier alpha value is -2.93. The van der Waals surface area contributed by atoms with E-state index < -0.39 is 0 Å². The van der Waals surface area contributed by atoms with E-state index in [0.717, 1.165) is 18.5 Å². The van der Waals surface area contributed by atoms with Crippen molar-refractivity contribution >= 4 is 22.4 Å². The Morgan fingerprint density at radius 2 is 1.89 bits per heavy atom. The number of rotatable bonds is 3. The second-order valence-electron chi connectivity index (χ2n) is 7.18. The number of carbonyl (C=O) groups excluding carboxylic acids is 1. The maximum atomic E-state index is 12.9. The number of thiazole rings is 1. The summed E-state index contributed by atoms with van der Waals surface area (Å²) in [7, 11) is 1.67. The zero-order valence-electron chi connectivity index (χ0n) is 15.7. The number of anilines is 1. The smallest absolute Gasteiger partial charge is 0.254 e. The highest BCUT2D eigenvalue weighted by atomic mass is 32.1. The van der Waals surface area contributed by atoms with Crippen LogP contribution in [0.3, 0.4) is 0 Å². The molecule has 0 saturated carbocycles. The van der Waals surface area contributed by atoms with Crippen LogP contribution in [-0.2, 0) is 12.5 Å². The van der Waals surface area contributed by atoms with Crippen molar-refractivity contribution < 1.29 is 4.79 Å². The summed E-state index contributed by atoms with van der Waals surface area (Å²) in [6, 6.07) is 13.4. The number of hydrogen-bond acceptors (Lipinski definition) is 5. The molecule has 4 rings (SSSR count). The normalized spacial score (nSPS) is 16.1. The third-order valence-electron chi connectivity index (χ3n) is 5.59. The molecule has 6 nitrogen and oxygen atoms in total. The lowest BCUT2D eigenvalue weighted by atomic mass is 9.70. The van der Waals surface area contributed by atoms with Gasteiger partial charge in [-0.05, 0) is 24.5 Å². The molecule has 1 aliphatic heterocycles. The first-order valence-electron chi connectivity index (χ1n) is 9.22. The van der Waals surface area contributed by atoms with E-state index in [1.807, 2.05) is 28.5 Å². The van der Waals surface area contributed by atoms with Gasteiger partial charge >= 0.3 is 0 Å². The van der Waals surface area contributed by atoms with E-state index in [9.17, 15) is 9.59 Å². The third kappa shape index (κ3) is 3.22. The summed E-state index contributed by atoms with van der Waals surface area (Å²) < 4.78 is 1.46. The van der Waals surface area contributed by atoms with Gasteiger partial charge in [0.1, 0.15) is 0 Å². The molecule has 1 aliphatic rings. The lowest BCUT2D eigenvalue weighted by molar-refractivity contribution is 0.0684. The maximum absolute atomic E-state index is 12.9. The number of hydrogen-bond donors (Lipinski definition) is 1. The minimum absolute atomic E-state index is 0.0999. The summed E-state index contributed by atoms with van der Waals surface area (Å²) in [4.78, 5) is 31.2. The fourth-order valence-corrected chi connectivity index (χ4v) is 4.57. The topological polar surface area (TPSA) is 81.2 Å². The second kappa shape index (κ2) is 7.24. The van der Waals surface area contributed by atoms with Gasteiger partial charge in [0.15, 0.2) is 5.13 Å². The van der Waals surface area contributed by atoms with Gasteiger partial charge in [-0.2, -0.15) is 0 Å². The quantitative estimate of drug-likeness (QED) is 0.740. The molecule has 7 heteroatoms. The van der Waals surface area contributed by atoms with E-state index in [4.69, 9.17) is 5.73 Å². The Kier molecular flexibility index (Phi) is 4.77. The average Bonchev–Trinajstić information content (AvgIpc) is 3.17. The van der Waals surface area contributed by atoms with Gasteiger partial charge in [0.05, 0.1) is 5.69 Å². The first-order chi connectivity index (χ1) is 13.5. The molecule has 0 unspecified atom stereocenters. The number of likely N-dealkylation sites (tertiary alicyclic amines) is 1. The number of aryl methyl sites for hydroxylation is 1. The van der Waals surface area contributed by atoms with Crippen LogP contribution >= 0.6 is 11.3 Å². The van der Waals surface area contributed by atoms with Crippen molar-refractivity contribution in [3.8, 4) is 0 Å². The molecular weight excluding hydrogens is 372 g/mol. The molecule has 28 heavy (non-hydrogen) atoms. The Morgan fingerprint density at radius 3 is 2.50 bits per heavy atom. The standard InChI is InChI=1S/C21H22N4O2S/c1-24-10-7-15(13-18(24)26)19(27)25-11-8-21(9-12-25,16-5-3-2-4-6-16)17-14-28-20(22)23-17/h2-7,10,13-14H,8-9,11-12H2,1H3,(H2,22,23). The molecule has 1 aromatic carbocycles. The monoisotopic (exact) mass is 394 g/mol. The summed E-state index contributed by atoms with van der Waals surface area (Å²) in [5.41, 5.74) is 8.09. The van der Waals surface area contributed by atoms with Gasteiger partial charge < -0.3 is 15.2 Å². The van der Waals surface area contributed by atoms with Gasteiger partial charge in [-0.25, -0.2) is 4.98 Å². The lowest BCUT2D eigenvalue weighted by Gasteiger charge is -2.41. The number of benzene rings is 1. The SMILES string of the molecule is Cn1ccc(C(=O)N2CCC(c3ccccc3)(c3csc(N)n3)CC2)cc1=O. The summed E-state index contributed by atoms with van der Waals surface area (Å²) in [5.74, 6) is -0.0999. The largest absolute Gasteiger partial charge is 0.375 e. The van der Waals surface area contributed by atoms with E-state index in [2.05, 4.69) is 17.1 Å². The van der Waals surface area contributed by atoms with E-state index in [-0.39, 0.29) is 16.9 Å². The van der Waals surface area contributed by atoms with Crippen molar-refractivity contribution in [1.29, 1.82) is 0 Å². The van der Waals surface area contributed by atoms with Gasteiger partial charge in [0.25, 0.3) is 11.5 Å². The highest BCUT2D eigenvalue weighted by Crippen LogP contribution is 2.42. The van der Waals surface area contributed by atoms with Gasteiger partial charge in [0, 0.05) is 48.8 Å². The lowest BCUT2D eigenvalue weighted by Crippen LogP contribution is -2.46. The van der Waals surface area contributed by atoms with Gasteiger partial charge in [-0.1, -0.05) is 30.3 Å². The highest BCUT2D eigenvalue weighted by Gasteiger charge is 2.40. The molecule has 2 N–H and O–H groups in total. The molecule has 1 fully saturated rings.